The first kappa shape index (κ1) is 30.8. The summed E-state index contributed by atoms with van der Waals surface area (Å²) < 4.78 is 72.6. The van der Waals surface area contributed by atoms with E-state index in [4.69, 9.17) is 9.84 Å². The predicted octanol–water partition coefficient (Wildman–Crippen LogP) is 5.76. The van der Waals surface area contributed by atoms with Gasteiger partial charge in [-0.1, -0.05) is 30.3 Å². The Morgan fingerprint density at radius 2 is 1.78 bits per heavy atom. The summed E-state index contributed by atoms with van der Waals surface area (Å²) >= 11 is 4.25. The van der Waals surface area contributed by atoms with E-state index in [9.17, 15) is 36.3 Å². The molecule has 4 rings (SSSR count). The lowest BCUT2D eigenvalue weighted by Crippen LogP contribution is -2.42. The summed E-state index contributed by atoms with van der Waals surface area (Å²) in [6.07, 6.45) is -3.81. The smallest absolute Gasteiger partial charge is 0.416 e. The molecule has 3 aromatic rings. The van der Waals surface area contributed by atoms with Gasteiger partial charge in [-0.2, -0.15) is 13.2 Å². The number of nitrogens with one attached hydrogen (secondary N) is 1. The number of aliphatic carboxylic acids is 1. The van der Waals surface area contributed by atoms with E-state index < -0.39 is 46.1 Å². The number of thiophene rings is 1. The number of halogens is 4. The molecule has 3 N–H and O–H groups in total. The van der Waals surface area contributed by atoms with Crippen molar-refractivity contribution in [2.24, 2.45) is 0 Å². The number of piperidine rings is 1. The number of hydrogen-bond donors (Lipinski definition) is 3. The molecule has 1 saturated heterocycles. The minimum absolute atomic E-state index is 0.0790. The number of carboxylic acid groups (broad SMARTS) is 2. The van der Waals surface area contributed by atoms with Crippen molar-refractivity contribution >= 4 is 54.9 Å². The number of hydrogen-bond acceptors (Lipinski definition) is 7. The van der Waals surface area contributed by atoms with Crippen LogP contribution in [0.2, 0.25) is 0 Å². The predicted molar refractivity (Wildman–Crippen MR) is 150 cm³/mol. The number of alkyl halides is 3. The van der Waals surface area contributed by atoms with Crippen LogP contribution in [0.5, 0.6) is 5.75 Å². The fourth-order valence-electron chi connectivity index (χ4n) is 4.46. The molecule has 41 heavy (non-hydrogen) atoms. The highest BCUT2D eigenvalue weighted by atomic mass is 79.9. The zero-order valence-corrected chi connectivity index (χ0v) is 24.4. The lowest BCUT2D eigenvalue weighted by atomic mass is 10.1. The van der Waals surface area contributed by atoms with Crippen LogP contribution in [0, 0.1) is 0 Å². The Morgan fingerprint density at radius 3 is 2.41 bits per heavy atom. The van der Waals surface area contributed by atoms with Crippen molar-refractivity contribution in [3.05, 3.63) is 69.0 Å². The Bertz CT molecular complexity index is 1550. The average molecular weight is 678 g/mol. The molecule has 0 unspecified atom stereocenters. The summed E-state index contributed by atoms with van der Waals surface area (Å²) in [5.41, 5.74) is 0.0730. The first-order valence-electron chi connectivity index (χ1n) is 12.2. The first-order chi connectivity index (χ1) is 19.3. The number of ether oxygens (including phenoxy) is 1. The molecule has 0 bridgehead atoms. The Labute approximate surface area is 245 Å². The van der Waals surface area contributed by atoms with Crippen molar-refractivity contribution in [2.75, 3.05) is 25.0 Å². The molecular formula is C26H24BrF3N2O7S2. The van der Waals surface area contributed by atoms with Crippen LogP contribution in [0.1, 0.15) is 33.6 Å². The van der Waals surface area contributed by atoms with Crippen LogP contribution in [-0.2, 0) is 26.7 Å². The minimum atomic E-state index is -4.65. The number of anilines is 1. The number of benzene rings is 2. The number of carbonyl (C=O) groups is 2. The van der Waals surface area contributed by atoms with Gasteiger partial charge in [0.1, 0.15) is 0 Å². The highest BCUT2D eigenvalue weighted by Crippen LogP contribution is 2.46. The van der Waals surface area contributed by atoms with Gasteiger partial charge in [0.2, 0.25) is 10.0 Å². The van der Waals surface area contributed by atoms with Crippen molar-refractivity contribution in [1.29, 1.82) is 0 Å². The summed E-state index contributed by atoms with van der Waals surface area (Å²) in [4.78, 5) is 23.0. The van der Waals surface area contributed by atoms with E-state index in [-0.39, 0.29) is 35.3 Å². The van der Waals surface area contributed by atoms with E-state index in [0.29, 0.717) is 33.4 Å². The molecule has 0 radical (unpaired) electrons. The average Bonchev–Trinajstić information content (AvgIpc) is 3.23. The maximum absolute atomic E-state index is 13.3. The van der Waals surface area contributed by atoms with Crippen LogP contribution in [0.4, 0.5) is 18.9 Å². The van der Waals surface area contributed by atoms with Crippen molar-refractivity contribution in [2.45, 2.75) is 30.8 Å². The lowest BCUT2D eigenvalue weighted by molar-refractivity contribution is -0.139. The van der Waals surface area contributed by atoms with E-state index in [1.54, 1.807) is 24.3 Å². The van der Waals surface area contributed by atoms with Gasteiger partial charge in [-0.15, -0.1) is 11.3 Å². The molecule has 2 aromatic carbocycles. The van der Waals surface area contributed by atoms with Crippen LogP contribution < -0.4 is 10.1 Å². The highest BCUT2D eigenvalue weighted by Gasteiger charge is 2.36. The fourth-order valence-corrected chi connectivity index (χ4v) is 7.94. The molecule has 0 atom stereocenters. The molecule has 15 heteroatoms. The number of rotatable bonds is 10. The molecule has 0 amide bonds. The van der Waals surface area contributed by atoms with E-state index in [0.717, 1.165) is 17.4 Å². The molecule has 2 heterocycles. The van der Waals surface area contributed by atoms with Gasteiger partial charge in [0.15, 0.2) is 17.2 Å². The Kier molecular flexibility index (Phi) is 9.31. The standard InChI is InChI=1S/C26H24BrF3N2O7S2/c27-21-22(39-13-20(33)34)24(25(35)36)40-23(21)15-5-3-6-18(12-15)31-17-8-10-32(11-9-17)41(37,38)14-16-4-1-2-7-19(16)26(28,29)30/h1-7,12,17,31H,8-11,13-14H2,(H,33,34)(H,35,36). The number of sulfonamides is 1. The van der Waals surface area contributed by atoms with Crippen LogP contribution in [-0.4, -0.2) is 60.6 Å². The third-order valence-electron chi connectivity index (χ3n) is 6.35. The van der Waals surface area contributed by atoms with Gasteiger partial charge in [-0.25, -0.2) is 22.3 Å². The summed E-state index contributed by atoms with van der Waals surface area (Å²) in [7, 11) is -3.98. The maximum atomic E-state index is 13.3. The van der Waals surface area contributed by atoms with Crippen molar-refractivity contribution in [1.82, 2.24) is 4.31 Å². The topological polar surface area (TPSA) is 133 Å². The second-order valence-corrected chi connectivity index (χ2v) is 13.0. The minimum Gasteiger partial charge on any atom is -0.479 e. The van der Waals surface area contributed by atoms with Gasteiger partial charge in [-0.05, 0) is 58.1 Å². The monoisotopic (exact) mass is 676 g/mol. The van der Waals surface area contributed by atoms with Crippen molar-refractivity contribution in [3.8, 4) is 16.2 Å². The summed E-state index contributed by atoms with van der Waals surface area (Å²) in [6.45, 7) is -0.437. The first-order valence-corrected chi connectivity index (χ1v) is 15.4. The van der Waals surface area contributed by atoms with E-state index >= 15 is 0 Å². The summed E-state index contributed by atoms with van der Waals surface area (Å²) in [5, 5.41) is 21.8. The van der Waals surface area contributed by atoms with Crippen LogP contribution in [0.3, 0.4) is 0 Å². The third kappa shape index (κ3) is 7.39. The SMILES string of the molecule is O=C(O)COc1c(C(=O)O)sc(-c2cccc(NC3CCN(S(=O)(=O)Cc4ccccc4C(F)(F)F)CC3)c2)c1Br. The Hall–Kier alpha value is -3.14. The highest BCUT2D eigenvalue weighted by molar-refractivity contribution is 9.10. The third-order valence-corrected chi connectivity index (χ3v) is 10.4. The van der Waals surface area contributed by atoms with Crippen LogP contribution in [0.25, 0.3) is 10.4 Å². The van der Waals surface area contributed by atoms with E-state index in [1.165, 1.54) is 22.5 Å². The van der Waals surface area contributed by atoms with E-state index in [1.807, 2.05) is 0 Å². The lowest BCUT2D eigenvalue weighted by Gasteiger charge is -2.32. The quantitative estimate of drug-likeness (QED) is 0.247. The second kappa shape index (κ2) is 12.4. The molecule has 1 fully saturated rings. The van der Waals surface area contributed by atoms with Crippen LogP contribution in [0.15, 0.2) is 53.0 Å². The van der Waals surface area contributed by atoms with Gasteiger partial charge in [0.05, 0.1) is 20.7 Å². The van der Waals surface area contributed by atoms with Crippen molar-refractivity contribution < 1.29 is 46.1 Å². The van der Waals surface area contributed by atoms with Gasteiger partial charge in [0, 0.05) is 24.8 Å². The van der Waals surface area contributed by atoms with Gasteiger partial charge >= 0.3 is 18.1 Å². The van der Waals surface area contributed by atoms with Gasteiger partial charge < -0.3 is 20.3 Å². The molecule has 0 saturated carbocycles. The normalized spacial score (nSPS) is 15.0. The van der Waals surface area contributed by atoms with Gasteiger partial charge in [0.25, 0.3) is 0 Å². The Morgan fingerprint density at radius 1 is 1.10 bits per heavy atom. The molecule has 220 valence electrons. The molecule has 0 aliphatic carbocycles. The molecule has 1 aromatic heterocycles. The zero-order chi connectivity index (χ0) is 29.9. The second-order valence-electron chi connectivity index (χ2n) is 9.20. The summed E-state index contributed by atoms with van der Waals surface area (Å²) in [5.74, 6) is -3.34. The largest absolute Gasteiger partial charge is 0.479 e. The molecular weight excluding hydrogens is 653 g/mol. The number of carboxylic acids is 2. The molecule has 9 nitrogen and oxygen atoms in total. The number of nitrogens with zero attached hydrogens (tertiary/aromatic N) is 1. The molecule has 1 aliphatic rings. The molecule has 0 spiro atoms. The van der Waals surface area contributed by atoms with Crippen LogP contribution >= 0.6 is 27.3 Å². The van der Waals surface area contributed by atoms with Gasteiger partial charge in [-0.3, -0.25) is 0 Å². The zero-order valence-electron chi connectivity index (χ0n) is 21.2. The number of aromatic carboxylic acids is 1. The molecule has 1 aliphatic heterocycles. The van der Waals surface area contributed by atoms with Crippen molar-refractivity contribution in [3.63, 3.8) is 0 Å². The maximum Gasteiger partial charge on any atom is 0.416 e. The fraction of sp³-hybridized carbons (Fsp3) is 0.308. The van der Waals surface area contributed by atoms with E-state index in [2.05, 4.69) is 21.2 Å². The summed E-state index contributed by atoms with van der Waals surface area (Å²) in [6, 6.07) is 11.6. The Balaban J connectivity index is 1.43.